The van der Waals surface area contributed by atoms with Crippen molar-refractivity contribution < 1.29 is 9.53 Å². The van der Waals surface area contributed by atoms with Crippen molar-refractivity contribution >= 4 is 11.5 Å². The number of carbonyl (C=O) groups is 1. The molecule has 116 valence electrons. The fourth-order valence-corrected chi connectivity index (χ4v) is 2.69. The summed E-state index contributed by atoms with van der Waals surface area (Å²) in [6.07, 6.45) is 2.28. The Hall–Kier alpha value is -1.55. The number of anilines is 1. The molecule has 0 radical (unpaired) electrons. The van der Waals surface area contributed by atoms with Gasteiger partial charge in [-0.1, -0.05) is 20.3 Å². The number of likely N-dealkylation sites (N-methyl/N-ethyl adjacent to an activating group) is 1. The predicted octanol–water partition coefficient (Wildman–Crippen LogP) is 3.18. The van der Waals surface area contributed by atoms with Crippen LogP contribution in [0.2, 0.25) is 0 Å². The van der Waals surface area contributed by atoms with E-state index in [4.69, 9.17) is 4.74 Å². The van der Waals surface area contributed by atoms with E-state index < -0.39 is 0 Å². The second-order valence-electron chi connectivity index (χ2n) is 5.51. The van der Waals surface area contributed by atoms with Crippen LogP contribution in [-0.2, 0) is 0 Å². The van der Waals surface area contributed by atoms with Crippen LogP contribution in [0.4, 0.5) is 5.69 Å². The van der Waals surface area contributed by atoms with Gasteiger partial charge in [-0.2, -0.15) is 0 Å². The average molecular weight is 290 g/mol. The van der Waals surface area contributed by atoms with Gasteiger partial charge >= 0.3 is 0 Å². The summed E-state index contributed by atoms with van der Waals surface area (Å²) in [5, 5.41) is 3.28. The molecule has 0 spiro atoms. The number of fused-ring (bicyclic) bond motifs is 1. The molecular weight excluding hydrogens is 264 g/mol. The van der Waals surface area contributed by atoms with Crippen molar-refractivity contribution in [2.24, 2.45) is 0 Å². The molecule has 0 saturated heterocycles. The Morgan fingerprint density at radius 1 is 1.43 bits per heavy atom. The molecule has 1 N–H and O–H groups in total. The number of carbonyl (C=O) groups excluding carboxylic acids is 1. The Labute approximate surface area is 127 Å². The van der Waals surface area contributed by atoms with Crippen LogP contribution >= 0.6 is 0 Å². The maximum Gasteiger partial charge on any atom is 0.179 e. The Morgan fingerprint density at radius 3 is 2.95 bits per heavy atom. The molecule has 1 atom stereocenters. The van der Waals surface area contributed by atoms with Crippen LogP contribution in [0.25, 0.3) is 0 Å². The van der Waals surface area contributed by atoms with Crippen molar-refractivity contribution in [3.05, 3.63) is 23.8 Å². The lowest BCUT2D eigenvalue weighted by Crippen LogP contribution is -2.39. The van der Waals surface area contributed by atoms with Crippen LogP contribution in [0.1, 0.15) is 44.0 Å². The highest BCUT2D eigenvalue weighted by Gasteiger charge is 2.22. The molecule has 0 aromatic heterocycles. The molecule has 4 heteroatoms. The molecular formula is C17H26N2O2. The minimum absolute atomic E-state index is 0.0795. The van der Waals surface area contributed by atoms with E-state index in [1.807, 2.05) is 25.1 Å². The Kier molecular flexibility index (Phi) is 5.62. The van der Waals surface area contributed by atoms with Gasteiger partial charge < -0.3 is 10.1 Å². The van der Waals surface area contributed by atoms with Gasteiger partial charge in [-0.25, -0.2) is 0 Å². The van der Waals surface area contributed by atoms with E-state index in [-0.39, 0.29) is 11.8 Å². The van der Waals surface area contributed by atoms with E-state index in [0.29, 0.717) is 6.61 Å². The summed E-state index contributed by atoms with van der Waals surface area (Å²) in [6.45, 7) is 9.64. The molecule has 1 aromatic rings. The van der Waals surface area contributed by atoms with Gasteiger partial charge in [0.1, 0.15) is 12.4 Å². The zero-order valence-electron chi connectivity index (χ0n) is 13.3. The highest BCUT2D eigenvalue weighted by Crippen LogP contribution is 2.28. The Bertz CT molecular complexity index is 488. The van der Waals surface area contributed by atoms with Gasteiger partial charge in [0.05, 0.1) is 11.7 Å². The summed E-state index contributed by atoms with van der Waals surface area (Å²) < 4.78 is 5.56. The van der Waals surface area contributed by atoms with E-state index in [0.717, 1.165) is 49.5 Å². The summed E-state index contributed by atoms with van der Waals surface area (Å²) in [4.78, 5) is 14.9. The van der Waals surface area contributed by atoms with Crippen LogP contribution in [0.3, 0.4) is 0 Å². The highest BCUT2D eigenvalue weighted by molar-refractivity contribution is 6.01. The molecule has 4 nitrogen and oxygen atoms in total. The zero-order valence-corrected chi connectivity index (χ0v) is 13.3. The molecule has 1 unspecified atom stereocenters. The largest absolute Gasteiger partial charge is 0.490 e. The number of ketones is 1. The second-order valence-corrected chi connectivity index (χ2v) is 5.51. The molecule has 2 rings (SSSR count). The smallest absolute Gasteiger partial charge is 0.179 e. The lowest BCUT2D eigenvalue weighted by Gasteiger charge is -2.27. The number of unbranched alkanes of at least 4 members (excludes halogenated alkanes) is 1. The van der Waals surface area contributed by atoms with E-state index in [9.17, 15) is 4.79 Å². The number of ether oxygens (including phenoxy) is 1. The van der Waals surface area contributed by atoms with Crippen molar-refractivity contribution in [2.75, 3.05) is 31.6 Å². The van der Waals surface area contributed by atoms with Crippen molar-refractivity contribution in [3.63, 3.8) is 0 Å². The third-order valence-corrected chi connectivity index (χ3v) is 4.07. The van der Waals surface area contributed by atoms with Crippen molar-refractivity contribution in [1.82, 2.24) is 4.90 Å². The van der Waals surface area contributed by atoms with Crippen LogP contribution in [0.5, 0.6) is 5.75 Å². The summed E-state index contributed by atoms with van der Waals surface area (Å²) in [5.74, 6) is 1.02. The maximum absolute atomic E-state index is 12.7. The first kappa shape index (κ1) is 15.8. The molecule has 0 fully saturated rings. The molecule has 1 aliphatic heterocycles. The first-order valence-electron chi connectivity index (χ1n) is 7.96. The molecule has 1 aromatic carbocycles. The second kappa shape index (κ2) is 7.46. The average Bonchev–Trinajstić information content (AvgIpc) is 2.54. The number of benzene rings is 1. The predicted molar refractivity (Wildman–Crippen MR) is 86.4 cm³/mol. The number of nitrogens with one attached hydrogen (secondary N) is 1. The number of Topliss-reactive ketones (excluding diaryl/α,β-unsaturated/α-hetero) is 1. The normalized spacial score (nSPS) is 15.0. The van der Waals surface area contributed by atoms with Gasteiger partial charge in [-0.3, -0.25) is 9.69 Å². The number of nitrogens with zero attached hydrogens (tertiary/aromatic N) is 1. The van der Waals surface area contributed by atoms with Gasteiger partial charge in [0.2, 0.25) is 0 Å². The lowest BCUT2D eigenvalue weighted by molar-refractivity contribution is 0.0843. The van der Waals surface area contributed by atoms with E-state index in [1.54, 1.807) is 0 Å². The SMILES string of the molecule is CCCCN(CC)C(C)C(=O)c1ccc2c(c1)NCCO2. The standard InChI is InChI=1S/C17H26N2O2/c1-4-6-10-19(5-2)13(3)17(20)14-7-8-16-15(12-14)18-9-11-21-16/h7-8,12-13,18H,4-6,9-11H2,1-3H3. The van der Waals surface area contributed by atoms with Crippen LogP contribution < -0.4 is 10.1 Å². The minimum Gasteiger partial charge on any atom is -0.490 e. The van der Waals surface area contributed by atoms with Crippen LogP contribution in [0.15, 0.2) is 18.2 Å². The third kappa shape index (κ3) is 3.76. The van der Waals surface area contributed by atoms with Crippen molar-refractivity contribution in [2.45, 2.75) is 39.7 Å². The third-order valence-electron chi connectivity index (χ3n) is 4.07. The highest BCUT2D eigenvalue weighted by atomic mass is 16.5. The Balaban J connectivity index is 2.11. The summed E-state index contributed by atoms with van der Waals surface area (Å²) in [7, 11) is 0. The lowest BCUT2D eigenvalue weighted by atomic mass is 10.0. The summed E-state index contributed by atoms with van der Waals surface area (Å²) >= 11 is 0. The van der Waals surface area contributed by atoms with E-state index in [2.05, 4.69) is 24.1 Å². The topological polar surface area (TPSA) is 41.6 Å². The van der Waals surface area contributed by atoms with Gasteiger partial charge in [0, 0.05) is 12.1 Å². The van der Waals surface area contributed by atoms with Crippen LogP contribution in [-0.4, -0.2) is 43.0 Å². The summed E-state index contributed by atoms with van der Waals surface area (Å²) in [5.41, 5.74) is 1.69. The number of hydrogen-bond donors (Lipinski definition) is 1. The summed E-state index contributed by atoms with van der Waals surface area (Å²) in [6, 6.07) is 5.60. The molecule has 0 aliphatic carbocycles. The molecule has 1 heterocycles. The van der Waals surface area contributed by atoms with Gasteiger partial charge in [-0.05, 0) is 44.6 Å². The minimum atomic E-state index is -0.0795. The quantitative estimate of drug-likeness (QED) is 0.783. The molecule has 0 bridgehead atoms. The van der Waals surface area contributed by atoms with Gasteiger partial charge in [0.25, 0.3) is 0 Å². The first-order chi connectivity index (χ1) is 10.2. The van der Waals surface area contributed by atoms with Crippen LogP contribution in [0, 0.1) is 0 Å². The Morgan fingerprint density at radius 2 is 2.24 bits per heavy atom. The van der Waals surface area contributed by atoms with E-state index >= 15 is 0 Å². The zero-order chi connectivity index (χ0) is 15.2. The molecule has 1 aliphatic rings. The van der Waals surface area contributed by atoms with Crippen molar-refractivity contribution in [3.8, 4) is 5.75 Å². The van der Waals surface area contributed by atoms with E-state index in [1.165, 1.54) is 0 Å². The van der Waals surface area contributed by atoms with Gasteiger partial charge in [0.15, 0.2) is 5.78 Å². The molecule has 0 amide bonds. The molecule has 21 heavy (non-hydrogen) atoms. The number of hydrogen-bond acceptors (Lipinski definition) is 4. The fourth-order valence-electron chi connectivity index (χ4n) is 2.69. The fraction of sp³-hybridized carbons (Fsp3) is 0.588. The maximum atomic E-state index is 12.7. The van der Waals surface area contributed by atoms with Gasteiger partial charge in [-0.15, -0.1) is 0 Å². The monoisotopic (exact) mass is 290 g/mol. The van der Waals surface area contributed by atoms with Crippen molar-refractivity contribution in [1.29, 1.82) is 0 Å². The number of rotatable bonds is 7. The first-order valence-corrected chi connectivity index (χ1v) is 7.96. The molecule has 0 saturated carbocycles.